The largest absolute Gasteiger partial charge is 0.464 e. The lowest BCUT2D eigenvalue weighted by atomic mass is 10.2. The molecule has 8 heteroatoms. The fourth-order valence-corrected chi connectivity index (χ4v) is 1.69. The zero-order valence-electron chi connectivity index (χ0n) is 11.3. The predicted molar refractivity (Wildman–Crippen MR) is 69.7 cm³/mol. The van der Waals surface area contributed by atoms with Crippen molar-refractivity contribution in [1.82, 2.24) is 14.5 Å². The zero-order valence-corrected chi connectivity index (χ0v) is 11.3. The lowest BCUT2D eigenvalue weighted by Crippen LogP contribution is -2.25. The minimum atomic E-state index is -0.691. The molecule has 2 aromatic heterocycles. The van der Waals surface area contributed by atoms with E-state index in [1.54, 1.807) is 36.4 Å². The van der Waals surface area contributed by atoms with Gasteiger partial charge >= 0.3 is 12.1 Å². The van der Waals surface area contributed by atoms with Crippen molar-refractivity contribution in [2.24, 2.45) is 7.05 Å². The fraction of sp³-hybridized carbons (Fsp3) is 0.250. The van der Waals surface area contributed by atoms with E-state index in [4.69, 9.17) is 0 Å². The van der Waals surface area contributed by atoms with Gasteiger partial charge in [0.05, 0.1) is 20.4 Å². The number of hydrogen-bond donors (Lipinski definition) is 1. The summed E-state index contributed by atoms with van der Waals surface area (Å²) in [7, 11) is 4.29. The van der Waals surface area contributed by atoms with Gasteiger partial charge in [0.25, 0.3) is 0 Å². The molecular formula is C12H14N4O4. The van der Waals surface area contributed by atoms with Crippen molar-refractivity contribution < 1.29 is 19.1 Å². The molecule has 1 amide bonds. The Balaban J connectivity index is 2.41. The van der Waals surface area contributed by atoms with Crippen LogP contribution in [0.25, 0.3) is 11.1 Å². The number of carbonyl (C=O) groups excluding carboxylic acids is 2. The number of rotatable bonds is 3. The number of ether oxygens (including phenoxy) is 2. The van der Waals surface area contributed by atoms with Crippen molar-refractivity contribution in [3.8, 4) is 11.1 Å². The van der Waals surface area contributed by atoms with Crippen molar-refractivity contribution in [2.75, 3.05) is 19.6 Å². The average molecular weight is 278 g/mol. The lowest BCUT2D eigenvalue weighted by molar-refractivity contribution is 0.0590. The van der Waals surface area contributed by atoms with Gasteiger partial charge in [-0.3, -0.25) is 9.36 Å². The maximum Gasteiger partial charge on any atom is 0.426 e. The molecule has 1 N–H and O–H groups in total. The van der Waals surface area contributed by atoms with Gasteiger partial charge in [-0.2, -0.15) is 5.10 Å². The number of esters is 1. The SMILES string of the molecule is COC(=O)Nn1cc(-c2cnn(C)c2)cc1C(=O)OC. The molecule has 0 saturated heterocycles. The van der Waals surface area contributed by atoms with Crippen LogP contribution >= 0.6 is 0 Å². The molecule has 0 saturated carbocycles. The highest BCUT2D eigenvalue weighted by atomic mass is 16.5. The minimum absolute atomic E-state index is 0.178. The standard InChI is InChI=1S/C12H14N4O4/c1-15-6-9(5-13-15)8-4-10(11(17)19-2)16(7-8)14-12(18)20-3/h4-7H,1-3H3,(H,14,18). The molecule has 2 aromatic rings. The Morgan fingerprint density at radius 1 is 1.20 bits per heavy atom. The van der Waals surface area contributed by atoms with Crippen LogP contribution in [0.3, 0.4) is 0 Å². The third-order valence-corrected chi connectivity index (χ3v) is 2.65. The highest BCUT2D eigenvalue weighted by Crippen LogP contribution is 2.21. The second-order valence-corrected chi connectivity index (χ2v) is 3.98. The Morgan fingerprint density at radius 3 is 2.50 bits per heavy atom. The molecule has 0 unspecified atom stereocenters. The first-order valence-corrected chi connectivity index (χ1v) is 5.70. The number of nitrogens with zero attached hydrogens (tertiary/aromatic N) is 3. The second kappa shape index (κ2) is 5.47. The Labute approximate surface area is 114 Å². The molecule has 106 valence electrons. The fourth-order valence-electron chi connectivity index (χ4n) is 1.69. The van der Waals surface area contributed by atoms with Gasteiger partial charge in [0.1, 0.15) is 5.69 Å². The van der Waals surface area contributed by atoms with Crippen LogP contribution < -0.4 is 5.43 Å². The summed E-state index contributed by atoms with van der Waals surface area (Å²) in [4.78, 5) is 23.0. The number of aryl methyl sites for hydroxylation is 1. The molecule has 2 heterocycles. The van der Waals surface area contributed by atoms with E-state index < -0.39 is 12.1 Å². The topological polar surface area (TPSA) is 87.4 Å². The van der Waals surface area contributed by atoms with E-state index >= 15 is 0 Å². The molecule has 0 aliphatic carbocycles. The van der Waals surface area contributed by atoms with Crippen LogP contribution in [-0.4, -0.2) is 40.7 Å². The molecule has 0 aliphatic rings. The molecule has 0 fully saturated rings. The van der Waals surface area contributed by atoms with Gasteiger partial charge in [-0.15, -0.1) is 0 Å². The normalized spacial score (nSPS) is 10.2. The van der Waals surface area contributed by atoms with E-state index in [9.17, 15) is 9.59 Å². The molecule has 0 radical (unpaired) electrons. The molecule has 8 nitrogen and oxygen atoms in total. The van der Waals surface area contributed by atoms with Gasteiger partial charge < -0.3 is 9.47 Å². The van der Waals surface area contributed by atoms with Crippen LogP contribution in [0.2, 0.25) is 0 Å². The van der Waals surface area contributed by atoms with Gasteiger partial charge in [0, 0.05) is 30.6 Å². The predicted octanol–water partition coefficient (Wildman–Crippen LogP) is 0.985. The smallest absolute Gasteiger partial charge is 0.426 e. The lowest BCUT2D eigenvalue weighted by Gasteiger charge is -2.07. The number of carbonyl (C=O) groups is 2. The molecule has 2 rings (SSSR count). The Morgan fingerprint density at radius 2 is 1.95 bits per heavy atom. The van der Waals surface area contributed by atoms with Crippen molar-refractivity contribution in [1.29, 1.82) is 0 Å². The summed E-state index contributed by atoms with van der Waals surface area (Å²) >= 11 is 0. The summed E-state index contributed by atoms with van der Waals surface area (Å²) in [6.45, 7) is 0. The third kappa shape index (κ3) is 2.63. The molecule has 0 atom stereocenters. The van der Waals surface area contributed by atoms with E-state index in [2.05, 4.69) is 20.0 Å². The van der Waals surface area contributed by atoms with Crippen molar-refractivity contribution in [3.63, 3.8) is 0 Å². The minimum Gasteiger partial charge on any atom is -0.464 e. The Hall–Kier alpha value is -2.77. The summed E-state index contributed by atoms with van der Waals surface area (Å²) < 4.78 is 12.1. The molecule has 0 spiro atoms. The van der Waals surface area contributed by atoms with Crippen molar-refractivity contribution >= 4 is 12.1 Å². The molecule has 0 aliphatic heterocycles. The maximum atomic E-state index is 11.7. The van der Waals surface area contributed by atoms with Crippen molar-refractivity contribution in [2.45, 2.75) is 0 Å². The van der Waals surface area contributed by atoms with Crippen LogP contribution in [-0.2, 0) is 16.5 Å². The summed E-state index contributed by atoms with van der Waals surface area (Å²) in [5, 5.41) is 4.05. The summed E-state index contributed by atoms with van der Waals surface area (Å²) in [6, 6.07) is 1.60. The van der Waals surface area contributed by atoms with Crippen LogP contribution in [0.1, 0.15) is 10.5 Å². The van der Waals surface area contributed by atoms with Crippen LogP contribution in [0.4, 0.5) is 4.79 Å². The first kappa shape index (κ1) is 13.7. The van der Waals surface area contributed by atoms with Crippen molar-refractivity contribution in [3.05, 3.63) is 30.4 Å². The summed E-state index contributed by atoms with van der Waals surface area (Å²) in [5.41, 5.74) is 4.10. The zero-order chi connectivity index (χ0) is 14.7. The molecule has 0 bridgehead atoms. The summed E-state index contributed by atoms with van der Waals surface area (Å²) in [6.07, 6.45) is 4.33. The van der Waals surface area contributed by atoms with E-state index in [0.717, 1.165) is 11.1 Å². The van der Waals surface area contributed by atoms with E-state index in [1.807, 2.05) is 0 Å². The maximum absolute atomic E-state index is 11.7. The third-order valence-electron chi connectivity index (χ3n) is 2.65. The van der Waals surface area contributed by atoms with Gasteiger partial charge in [0.2, 0.25) is 0 Å². The Bertz CT molecular complexity index is 644. The average Bonchev–Trinajstić information content (AvgIpc) is 3.04. The summed E-state index contributed by atoms with van der Waals surface area (Å²) in [5.74, 6) is -0.573. The molecular weight excluding hydrogens is 264 g/mol. The second-order valence-electron chi connectivity index (χ2n) is 3.98. The Kier molecular flexibility index (Phi) is 3.74. The quantitative estimate of drug-likeness (QED) is 0.846. The van der Waals surface area contributed by atoms with E-state index in [1.165, 1.54) is 18.9 Å². The molecule has 0 aromatic carbocycles. The highest BCUT2D eigenvalue weighted by molar-refractivity contribution is 5.91. The number of nitrogens with one attached hydrogen (secondary N) is 1. The van der Waals surface area contributed by atoms with Gasteiger partial charge in [-0.05, 0) is 6.07 Å². The van der Waals surface area contributed by atoms with Gasteiger partial charge in [-0.25, -0.2) is 15.0 Å². The first-order valence-electron chi connectivity index (χ1n) is 5.70. The van der Waals surface area contributed by atoms with Crippen LogP contribution in [0.5, 0.6) is 0 Å². The highest BCUT2D eigenvalue weighted by Gasteiger charge is 2.17. The first-order chi connectivity index (χ1) is 9.55. The van der Waals surface area contributed by atoms with Crippen LogP contribution in [0.15, 0.2) is 24.7 Å². The van der Waals surface area contributed by atoms with E-state index in [-0.39, 0.29) is 5.69 Å². The number of hydrogen-bond acceptors (Lipinski definition) is 5. The van der Waals surface area contributed by atoms with Gasteiger partial charge in [-0.1, -0.05) is 0 Å². The van der Waals surface area contributed by atoms with Gasteiger partial charge in [0.15, 0.2) is 0 Å². The van der Waals surface area contributed by atoms with Crippen LogP contribution in [0, 0.1) is 0 Å². The number of amides is 1. The molecule has 20 heavy (non-hydrogen) atoms. The monoisotopic (exact) mass is 278 g/mol. The van der Waals surface area contributed by atoms with E-state index in [0.29, 0.717) is 0 Å². The number of aromatic nitrogens is 3. The number of methoxy groups -OCH3 is 2.